The standard InChI is InChI=1S/C15H21N5/c1-11-4-6-12(7-5-11)9-14-17-15(19-18-14)20-8-2-3-13(16)10-20/h4-7,13H,2-3,8-10,16H2,1H3,(H,17,18,19). The molecular weight excluding hydrogens is 250 g/mol. The molecule has 1 saturated heterocycles. The van der Waals surface area contributed by atoms with Crippen molar-refractivity contribution in [3.8, 4) is 0 Å². The van der Waals surface area contributed by atoms with Crippen molar-refractivity contribution >= 4 is 5.95 Å². The highest BCUT2D eigenvalue weighted by atomic mass is 15.4. The average molecular weight is 271 g/mol. The summed E-state index contributed by atoms with van der Waals surface area (Å²) < 4.78 is 0. The minimum Gasteiger partial charge on any atom is -0.338 e. The van der Waals surface area contributed by atoms with Crippen LogP contribution in [0.2, 0.25) is 0 Å². The summed E-state index contributed by atoms with van der Waals surface area (Å²) in [5, 5.41) is 7.36. The molecule has 1 aromatic heterocycles. The molecule has 1 unspecified atom stereocenters. The zero-order chi connectivity index (χ0) is 13.9. The van der Waals surface area contributed by atoms with Gasteiger partial charge in [0.2, 0.25) is 5.95 Å². The molecule has 1 fully saturated rings. The number of hydrogen-bond donors (Lipinski definition) is 2. The van der Waals surface area contributed by atoms with E-state index < -0.39 is 0 Å². The number of nitrogens with one attached hydrogen (secondary N) is 1. The van der Waals surface area contributed by atoms with Crippen molar-refractivity contribution < 1.29 is 0 Å². The summed E-state index contributed by atoms with van der Waals surface area (Å²) in [6.45, 7) is 3.94. The average Bonchev–Trinajstić information content (AvgIpc) is 2.90. The van der Waals surface area contributed by atoms with E-state index in [1.165, 1.54) is 11.1 Å². The zero-order valence-electron chi connectivity index (χ0n) is 11.8. The van der Waals surface area contributed by atoms with Gasteiger partial charge < -0.3 is 10.6 Å². The highest BCUT2D eigenvalue weighted by Crippen LogP contribution is 2.16. The molecule has 20 heavy (non-hydrogen) atoms. The van der Waals surface area contributed by atoms with Gasteiger partial charge in [-0.25, -0.2) is 0 Å². The Kier molecular flexibility index (Phi) is 3.69. The Morgan fingerprint density at radius 1 is 1.35 bits per heavy atom. The van der Waals surface area contributed by atoms with Gasteiger partial charge in [0, 0.05) is 25.6 Å². The van der Waals surface area contributed by atoms with Crippen LogP contribution in [0.4, 0.5) is 5.95 Å². The van der Waals surface area contributed by atoms with E-state index in [0.717, 1.165) is 44.1 Å². The van der Waals surface area contributed by atoms with E-state index in [4.69, 9.17) is 5.73 Å². The Morgan fingerprint density at radius 3 is 2.90 bits per heavy atom. The predicted molar refractivity (Wildman–Crippen MR) is 79.8 cm³/mol. The van der Waals surface area contributed by atoms with Gasteiger partial charge >= 0.3 is 0 Å². The van der Waals surface area contributed by atoms with E-state index in [9.17, 15) is 0 Å². The first-order chi connectivity index (χ1) is 9.70. The van der Waals surface area contributed by atoms with Crippen molar-refractivity contribution in [1.82, 2.24) is 15.2 Å². The number of aromatic nitrogens is 3. The quantitative estimate of drug-likeness (QED) is 0.890. The first kappa shape index (κ1) is 13.1. The third-order valence-corrected chi connectivity index (χ3v) is 3.75. The van der Waals surface area contributed by atoms with Crippen LogP contribution in [0.1, 0.15) is 29.8 Å². The molecule has 2 heterocycles. The molecule has 1 aromatic carbocycles. The minimum atomic E-state index is 0.239. The van der Waals surface area contributed by atoms with E-state index in [2.05, 4.69) is 51.3 Å². The van der Waals surface area contributed by atoms with Gasteiger partial charge in [0.05, 0.1) is 0 Å². The van der Waals surface area contributed by atoms with E-state index in [-0.39, 0.29) is 6.04 Å². The van der Waals surface area contributed by atoms with E-state index in [0.29, 0.717) is 0 Å². The molecule has 3 N–H and O–H groups in total. The maximum absolute atomic E-state index is 6.00. The summed E-state index contributed by atoms with van der Waals surface area (Å²) in [4.78, 5) is 6.76. The van der Waals surface area contributed by atoms with Gasteiger partial charge in [0.1, 0.15) is 5.82 Å². The summed E-state index contributed by atoms with van der Waals surface area (Å²) in [6.07, 6.45) is 2.99. The SMILES string of the molecule is Cc1ccc(Cc2nc(N3CCCC(N)C3)n[nH]2)cc1. The molecule has 2 aromatic rings. The molecule has 1 atom stereocenters. The van der Waals surface area contributed by atoms with Crippen molar-refractivity contribution in [3.63, 3.8) is 0 Å². The molecule has 0 spiro atoms. The Balaban J connectivity index is 1.68. The highest BCUT2D eigenvalue weighted by Gasteiger charge is 2.20. The fourth-order valence-corrected chi connectivity index (χ4v) is 2.60. The second-order valence-electron chi connectivity index (χ2n) is 5.59. The fourth-order valence-electron chi connectivity index (χ4n) is 2.60. The van der Waals surface area contributed by atoms with Crippen LogP contribution in [-0.4, -0.2) is 34.3 Å². The molecule has 0 aliphatic carbocycles. The predicted octanol–water partition coefficient (Wildman–Crippen LogP) is 1.63. The number of anilines is 1. The molecule has 0 saturated carbocycles. The number of hydrogen-bond acceptors (Lipinski definition) is 4. The van der Waals surface area contributed by atoms with Crippen molar-refractivity contribution in [1.29, 1.82) is 0 Å². The van der Waals surface area contributed by atoms with Gasteiger partial charge in [-0.2, -0.15) is 4.98 Å². The molecule has 0 radical (unpaired) electrons. The fraction of sp³-hybridized carbons (Fsp3) is 0.467. The Morgan fingerprint density at radius 2 is 2.15 bits per heavy atom. The topological polar surface area (TPSA) is 70.8 Å². The molecule has 0 bridgehead atoms. The summed E-state index contributed by atoms with van der Waals surface area (Å²) in [5.74, 6) is 1.69. The first-order valence-electron chi connectivity index (χ1n) is 7.18. The minimum absolute atomic E-state index is 0.239. The molecule has 106 valence electrons. The summed E-state index contributed by atoms with van der Waals surface area (Å²) >= 11 is 0. The maximum Gasteiger partial charge on any atom is 0.244 e. The molecule has 5 nitrogen and oxygen atoms in total. The van der Waals surface area contributed by atoms with E-state index in [1.54, 1.807) is 0 Å². The van der Waals surface area contributed by atoms with Gasteiger partial charge in [-0.05, 0) is 25.3 Å². The molecule has 5 heteroatoms. The summed E-state index contributed by atoms with van der Waals surface area (Å²) in [5.41, 5.74) is 8.52. The van der Waals surface area contributed by atoms with Crippen LogP contribution in [0.25, 0.3) is 0 Å². The third kappa shape index (κ3) is 2.99. The van der Waals surface area contributed by atoms with Crippen molar-refractivity contribution in [3.05, 3.63) is 41.2 Å². The lowest BCUT2D eigenvalue weighted by Crippen LogP contribution is -2.43. The second kappa shape index (κ2) is 5.63. The maximum atomic E-state index is 6.00. The summed E-state index contributed by atoms with van der Waals surface area (Å²) in [7, 11) is 0. The van der Waals surface area contributed by atoms with Crippen LogP contribution in [0.15, 0.2) is 24.3 Å². The van der Waals surface area contributed by atoms with Crippen LogP contribution in [0.5, 0.6) is 0 Å². The number of nitrogens with zero attached hydrogens (tertiary/aromatic N) is 3. The van der Waals surface area contributed by atoms with Gasteiger partial charge in [-0.15, -0.1) is 5.10 Å². The number of benzene rings is 1. The lowest BCUT2D eigenvalue weighted by atomic mass is 10.1. The first-order valence-corrected chi connectivity index (χ1v) is 7.18. The number of nitrogens with two attached hydrogens (primary N) is 1. The van der Waals surface area contributed by atoms with Gasteiger partial charge in [-0.3, -0.25) is 5.10 Å². The number of piperidine rings is 1. The Bertz CT molecular complexity index is 560. The Hall–Kier alpha value is -1.88. The third-order valence-electron chi connectivity index (χ3n) is 3.75. The van der Waals surface area contributed by atoms with Crippen molar-refractivity contribution in [2.24, 2.45) is 5.73 Å². The molecule has 0 amide bonds. The van der Waals surface area contributed by atoms with Crippen LogP contribution in [0, 0.1) is 6.92 Å². The van der Waals surface area contributed by atoms with E-state index in [1.807, 2.05) is 0 Å². The van der Waals surface area contributed by atoms with Gasteiger partial charge in [0.25, 0.3) is 0 Å². The molecule has 1 aliphatic heterocycles. The van der Waals surface area contributed by atoms with Crippen LogP contribution in [0.3, 0.4) is 0 Å². The lowest BCUT2D eigenvalue weighted by Gasteiger charge is -2.29. The summed E-state index contributed by atoms with van der Waals surface area (Å²) in [6, 6.07) is 8.75. The van der Waals surface area contributed by atoms with Gasteiger partial charge in [-0.1, -0.05) is 29.8 Å². The highest BCUT2D eigenvalue weighted by molar-refractivity contribution is 5.31. The Labute approximate surface area is 119 Å². The molecular formula is C15H21N5. The number of aromatic amines is 1. The zero-order valence-corrected chi connectivity index (χ0v) is 11.8. The van der Waals surface area contributed by atoms with Gasteiger partial charge in [0.15, 0.2) is 0 Å². The van der Waals surface area contributed by atoms with Crippen LogP contribution >= 0.6 is 0 Å². The number of H-pyrrole nitrogens is 1. The van der Waals surface area contributed by atoms with Crippen molar-refractivity contribution in [2.45, 2.75) is 32.2 Å². The van der Waals surface area contributed by atoms with E-state index >= 15 is 0 Å². The van der Waals surface area contributed by atoms with Crippen molar-refractivity contribution in [2.75, 3.05) is 18.0 Å². The van der Waals surface area contributed by atoms with Crippen LogP contribution in [-0.2, 0) is 6.42 Å². The number of rotatable bonds is 3. The number of aryl methyl sites for hydroxylation is 1. The van der Waals surface area contributed by atoms with Crippen LogP contribution < -0.4 is 10.6 Å². The smallest absolute Gasteiger partial charge is 0.244 e. The monoisotopic (exact) mass is 271 g/mol. The molecule has 3 rings (SSSR count). The normalized spacial score (nSPS) is 19.3. The largest absolute Gasteiger partial charge is 0.338 e. The molecule has 1 aliphatic rings. The second-order valence-corrected chi connectivity index (χ2v) is 5.59. The lowest BCUT2D eigenvalue weighted by molar-refractivity contribution is 0.500.